The van der Waals surface area contributed by atoms with Crippen LogP contribution in [0.25, 0.3) is 0 Å². The first-order chi connectivity index (χ1) is 9.84. The van der Waals surface area contributed by atoms with Gasteiger partial charge in [-0.15, -0.1) is 0 Å². The minimum atomic E-state index is 0.361. The highest BCUT2D eigenvalue weighted by molar-refractivity contribution is 5.78. The molecule has 114 valence electrons. The zero-order valence-corrected chi connectivity index (χ0v) is 12.6. The Labute approximate surface area is 122 Å². The maximum Gasteiger partial charge on any atom is 0.236 e. The van der Waals surface area contributed by atoms with Gasteiger partial charge in [0, 0.05) is 25.7 Å². The lowest BCUT2D eigenvalue weighted by atomic mass is 9.78. The van der Waals surface area contributed by atoms with Crippen molar-refractivity contribution in [3.8, 4) is 0 Å². The average molecular weight is 279 g/mol. The van der Waals surface area contributed by atoms with Crippen molar-refractivity contribution < 1.29 is 4.79 Å². The van der Waals surface area contributed by atoms with E-state index >= 15 is 0 Å². The van der Waals surface area contributed by atoms with E-state index in [1.165, 1.54) is 38.5 Å². The van der Waals surface area contributed by atoms with E-state index in [4.69, 9.17) is 0 Å². The van der Waals surface area contributed by atoms with Crippen LogP contribution in [0.3, 0.4) is 0 Å². The summed E-state index contributed by atoms with van der Waals surface area (Å²) in [6.45, 7) is 5.64. The molecule has 1 amide bonds. The molecule has 20 heavy (non-hydrogen) atoms. The molecule has 0 spiro atoms. The van der Waals surface area contributed by atoms with E-state index in [1.54, 1.807) is 0 Å². The fraction of sp³-hybridized carbons (Fsp3) is 0.938. The topological polar surface area (TPSA) is 35.6 Å². The minimum absolute atomic E-state index is 0.361. The lowest BCUT2D eigenvalue weighted by Gasteiger charge is -2.44. The summed E-state index contributed by atoms with van der Waals surface area (Å²) in [5.74, 6) is 1.23. The monoisotopic (exact) mass is 279 g/mol. The van der Waals surface area contributed by atoms with Crippen LogP contribution in [0, 0.1) is 5.92 Å². The first-order valence-electron chi connectivity index (χ1n) is 8.57. The van der Waals surface area contributed by atoms with Crippen molar-refractivity contribution in [1.29, 1.82) is 0 Å². The summed E-state index contributed by atoms with van der Waals surface area (Å²) in [5, 5.41) is 3.37. The molecule has 4 heteroatoms. The number of nitrogens with zero attached hydrogens (tertiary/aromatic N) is 2. The van der Waals surface area contributed by atoms with Gasteiger partial charge in [-0.25, -0.2) is 0 Å². The summed E-state index contributed by atoms with van der Waals surface area (Å²) in [6.07, 6.45) is 9.25. The number of likely N-dealkylation sites (tertiary alicyclic amines) is 1. The second kappa shape index (κ2) is 6.90. The molecule has 2 saturated heterocycles. The van der Waals surface area contributed by atoms with Crippen molar-refractivity contribution >= 4 is 5.91 Å². The predicted octanol–water partition coefficient (Wildman–Crippen LogP) is 1.46. The molecule has 3 aliphatic rings. The first kappa shape index (κ1) is 14.3. The Hall–Kier alpha value is -0.610. The number of carbonyl (C=O) groups is 1. The van der Waals surface area contributed by atoms with Gasteiger partial charge in [-0.05, 0) is 51.1 Å². The van der Waals surface area contributed by atoms with E-state index < -0.39 is 0 Å². The Morgan fingerprint density at radius 1 is 0.950 bits per heavy atom. The van der Waals surface area contributed by atoms with Gasteiger partial charge >= 0.3 is 0 Å². The number of fused-ring (bicyclic) bond motifs is 1. The molecule has 2 atom stereocenters. The van der Waals surface area contributed by atoms with Crippen molar-refractivity contribution in [1.82, 2.24) is 15.1 Å². The molecule has 1 N–H and O–H groups in total. The Morgan fingerprint density at radius 3 is 2.75 bits per heavy atom. The second-order valence-corrected chi connectivity index (χ2v) is 6.71. The summed E-state index contributed by atoms with van der Waals surface area (Å²) in [4.78, 5) is 17.1. The van der Waals surface area contributed by atoms with Crippen LogP contribution in [0.2, 0.25) is 0 Å². The fourth-order valence-corrected chi connectivity index (χ4v) is 4.29. The lowest BCUT2D eigenvalue weighted by molar-refractivity contribution is -0.133. The molecular weight excluding hydrogens is 250 g/mol. The maximum absolute atomic E-state index is 12.6. The number of hydrogen-bond donors (Lipinski definition) is 1. The van der Waals surface area contributed by atoms with Gasteiger partial charge in [-0.2, -0.15) is 0 Å². The van der Waals surface area contributed by atoms with Gasteiger partial charge in [0.05, 0.1) is 6.54 Å². The third-order valence-electron chi connectivity index (χ3n) is 5.39. The molecule has 2 unspecified atom stereocenters. The van der Waals surface area contributed by atoms with Gasteiger partial charge in [0.25, 0.3) is 0 Å². The predicted molar refractivity (Wildman–Crippen MR) is 80.6 cm³/mol. The normalized spacial score (nSPS) is 32.5. The highest BCUT2D eigenvalue weighted by atomic mass is 16.2. The standard InChI is InChI=1S/C16H29N3O/c20-16(18-11-4-8-17-9-12-18)13-19-10-3-6-14-5-1-2-7-15(14)19/h14-15,17H,1-13H2. The quantitative estimate of drug-likeness (QED) is 0.831. The Bertz CT molecular complexity index is 324. The van der Waals surface area contributed by atoms with Gasteiger partial charge in [0.1, 0.15) is 0 Å². The Balaban J connectivity index is 1.56. The van der Waals surface area contributed by atoms with E-state index in [0.29, 0.717) is 18.5 Å². The zero-order valence-electron chi connectivity index (χ0n) is 12.6. The van der Waals surface area contributed by atoms with Crippen LogP contribution in [0.15, 0.2) is 0 Å². The number of rotatable bonds is 2. The molecule has 2 aliphatic heterocycles. The van der Waals surface area contributed by atoms with Gasteiger partial charge in [-0.3, -0.25) is 9.69 Å². The number of hydrogen-bond acceptors (Lipinski definition) is 3. The average Bonchev–Trinajstić information content (AvgIpc) is 2.77. The van der Waals surface area contributed by atoms with Crippen LogP contribution in [0.1, 0.15) is 44.9 Å². The lowest BCUT2D eigenvalue weighted by Crippen LogP contribution is -2.51. The maximum atomic E-state index is 12.6. The van der Waals surface area contributed by atoms with E-state index in [2.05, 4.69) is 15.1 Å². The van der Waals surface area contributed by atoms with Crippen LogP contribution in [0.5, 0.6) is 0 Å². The summed E-state index contributed by atoms with van der Waals surface area (Å²) < 4.78 is 0. The summed E-state index contributed by atoms with van der Waals surface area (Å²) in [5.41, 5.74) is 0. The van der Waals surface area contributed by atoms with Crippen LogP contribution in [-0.2, 0) is 4.79 Å². The highest BCUT2D eigenvalue weighted by Gasteiger charge is 2.34. The molecule has 4 nitrogen and oxygen atoms in total. The van der Waals surface area contributed by atoms with E-state index in [-0.39, 0.29) is 0 Å². The fourth-order valence-electron chi connectivity index (χ4n) is 4.29. The smallest absolute Gasteiger partial charge is 0.236 e. The number of amides is 1. The van der Waals surface area contributed by atoms with E-state index in [1.807, 2.05) is 0 Å². The second-order valence-electron chi connectivity index (χ2n) is 6.71. The molecular formula is C16H29N3O. The minimum Gasteiger partial charge on any atom is -0.340 e. The third kappa shape index (κ3) is 3.34. The van der Waals surface area contributed by atoms with Crippen molar-refractivity contribution in [3.05, 3.63) is 0 Å². The molecule has 0 radical (unpaired) electrons. The van der Waals surface area contributed by atoms with E-state index in [9.17, 15) is 4.79 Å². The van der Waals surface area contributed by atoms with Crippen molar-refractivity contribution in [2.75, 3.05) is 39.3 Å². The molecule has 2 heterocycles. The van der Waals surface area contributed by atoms with Crippen molar-refractivity contribution in [3.63, 3.8) is 0 Å². The van der Waals surface area contributed by atoms with Crippen molar-refractivity contribution in [2.24, 2.45) is 5.92 Å². The number of nitrogens with one attached hydrogen (secondary N) is 1. The molecule has 0 aromatic heterocycles. The Kier molecular flexibility index (Phi) is 4.94. The third-order valence-corrected chi connectivity index (χ3v) is 5.39. The van der Waals surface area contributed by atoms with Crippen LogP contribution >= 0.6 is 0 Å². The molecule has 0 aromatic carbocycles. The Morgan fingerprint density at radius 2 is 1.80 bits per heavy atom. The van der Waals surface area contributed by atoms with Gasteiger partial charge in [0.15, 0.2) is 0 Å². The highest BCUT2D eigenvalue weighted by Crippen LogP contribution is 2.35. The largest absolute Gasteiger partial charge is 0.340 e. The molecule has 0 aromatic rings. The SMILES string of the molecule is O=C(CN1CCCC2CCCCC21)N1CCCNCC1. The van der Waals surface area contributed by atoms with Gasteiger partial charge < -0.3 is 10.2 Å². The molecule has 3 fully saturated rings. The van der Waals surface area contributed by atoms with Gasteiger partial charge in [-0.1, -0.05) is 12.8 Å². The molecule has 0 bridgehead atoms. The zero-order chi connectivity index (χ0) is 13.8. The number of piperidine rings is 1. The van der Waals surface area contributed by atoms with E-state index in [0.717, 1.165) is 45.1 Å². The summed E-state index contributed by atoms with van der Waals surface area (Å²) in [6, 6.07) is 0.701. The number of carbonyl (C=O) groups excluding carboxylic acids is 1. The molecule has 3 rings (SSSR count). The van der Waals surface area contributed by atoms with Crippen molar-refractivity contribution in [2.45, 2.75) is 51.0 Å². The summed E-state index contributed by atoms with van der Waals surface area (Å²) in [7, 11) is 0. The van der Waals surface area contributed by atoms with Crippen LogP contribution < -0.4 is 5.32 Å². The summed E-state index contributed by atoms with van der Waals surface area (Å²) >= 11 is 0. The van der Waals surface area contributed by atoms with Gasteiger partial charge in [0.2, 0.25) is 5.91 Å². The molecule has 1 aliphatic carbocycles. The molecule has 1 saturated carbocycles. The van der Waals surface area contributed by atoms with Crippen LogP contribution in [0.4, 0.5) is 0 Å². The first-order valence-corrected chi connectivity index (χ1v) is 8.57. The van der Waals surface area contributed by atoms with Crippen LogP contribution in [-0.4, -0.2) is 61.0 Å².